The Kier molecular flexibility index (Phi) is 5.67. The smallest absolute Gasteiger partial charge is 0.167 e. The Balaban J connectivity index is 2.19. The average Bonchev–Trinajstić information content (AvgIpc) is 2.58. The van der Waals surface area contributed by atoms with Gasteiger partial charge in [0.1, 0.15) is 11.6 Å². The van der Waals surface area contributed by atoms with E-state index in [1.807, 2.05) is 45.0 Å². The number of nitrogens with one attached hydrogen (secondary N) is 1. The molecule has 2 N–H and O–H groups in total. The Morgan fingerprint density at radius 1 is 1.26 bits per heavy atom. The fourth-order valence-corrected chi connectivity index (χ4v) is 2.61. The van der Waals surface area contributed by atoms with Gasteiger partial charge in [0.2, 0.25) is 0 Å². The first-order valence-electron chi connectivity index (χ1n) is 7.87. The van der Waals surface area contributed by atoms with Crippen molar-refractivity contribution in [1.82, 2.24) is 10.2 Å². The molecule has 1 aromatic heterocycles. The maximum absolute atomic E-state index is 10.3. The van der Waals surface area contributed by atoms with Crippen LogP contribution in [0.4, 0.5) is 5.82 Å². The van der Waals surface area contributed by atoms with E-state index in [1.165, 1.54) is 0 Å². The van der Waals surface area contributed by atoms with Crippen molar-refractivity contribution in [2.75, 3.05) is 11.9 Å². The van der Waals surface area contributed by atoms with Crippen molar-refractivity contribution in [2.24, 2.45) is 0 Å². The van der Waals surface area contributed by atoms with E-state index in [1.54, 1.807) is 0 Å². The molecular formula is C18H22N4O. The SMILES string of the molecule is CCc1nnc(NCC(O)c2cccc(C)c2)c(C#N)c1CC. The van der Waals surface area contributed by atoms with Crippen LogP contribution >= 0.6 is 0 Å². The number of anilines is 1. The summed E-state index contributed by atoms with van der Waals surface area (Å²) in [5.41, 5.74) is 4.24. The first kappa shape index (κ1) is 16.9. The third kappa shape index (κ3) is 3.85. The van der Waals surface area contributed by atoms with Crippen LogP contribution in [0.15, 0.2) is 24.3 Å². The number of nitriles is 1. The van der Waals surface area contributed by atoms with Gasteiger partial charge in [-0.2, -0.15) is 10.4 Å². The van der Waals surface area contributed by atoms with Crippen molar-refractivity contribution in [3.8, 4) is 6.07 Å². The molecule has 1 unspecified atom stereocenters. The topological polar surface area (TPSA) is 81.8 Å². The normalized spacial score (nSPS) is 11.8. The summed E-state index contributed by atoms with van der Waals surface area (Å²) in [5.74, 6) is 0.438. The quantitative estimate of drug-likeness (QED) is 0.857. The Morgan fingerprint density at radius 2 is 2.04 bits per heavy atom. The maximum atomic E-state index is 10.3. The Labute approximate surface area is 137 Å². The summed E-state index contributed by atoms with van der Waals surface area (Å²) < 4.78 is 0. The summed E-state index contributed by atoms with van der Waals surface area (Å²) in [7, 11) is 0. The second-order valence-electron chi connectivity index (χ2n) is 5.48. The standard InChI is InChI=1S/C18H22N4O/c1-4-14-15(10-19)18(22-21-16(14)5-2)20-11-17(23)13-8-6-7-12(3)9-13/h6-9,17,23H,4-5,11H2,1-3H3,(H,20,22). The lowest BCUT2D eigenvalue weighted by molar-refractivity contribution is 0.191. The van der Waals surface area contributed by atoms with Crippen LogP contribution in [0.1, 0.15) is 47.9 Å². The highest BCUT2D eigenvalue weighted by Gasteiger charge is 2.15. The molecule has 1 aromatic carbocycles. The molecule has 1 heterocycles. The van der Waals surface area contributed by atoms with Crippen molar-refractivity contribution in [1.29, 1.82) is 5.26 Å². The molecular weight excluding hydrogens is 288 g/mol. The zero-order chi connectivity index (χ0) is 16.8. The number of rotatable bonds is 6. The molecule has 0 aliphatic heterocycles. The zero-order valence-corrected chi connectivity index (χ0v) is 13.8. The maximum Gasteiger partial charge on any atom is 0.167 e. The summed E-state index contributed by atoms with van der Waals surface area (Å²) in [5, 5.41) is 31.1. The molecule has 0 aliphatic rings. The minimum atomic E-state index is -0.667. The predicted octanol–water partition coefficient (Wildman–Crippen LogP) is 2.93. The summed E-state index contributed by atoms with van der Waals surface area (Å²) >= 11 is 0. The van der Waals surface area contributed by atoms with Gasteiger partial charge >= 0.3 is 0 Å². The monoisotopic (exact) mass is 310 g/mol. The minimum absolute atomic E-state index is 0.279. The zero-order valence-electron chi connectivity index (χ0n) is 13.8. The molecule has 120 valence electrons. The molecule has 1 atom stereocenters. The molecule has 5 nitrogen and oxygen atoms in total. The van der Waals surface area contributed by atoms with Crippen LogP contribution in [0.25, 0.3) is 0 Å². The molecule has 2 rings (SSSR count). The highest BCUT2D eigenvalue weighted by molar-refractivity contribution is 5.56. The van der Waals surface area contributed by atoms with Gasteiger partial charge in [-0.05, 0) is 30.9 Å². The summed E-state index contributed by atoms with van der Waals surface area (Å²) in [6.45, 7) is 6.27. The molecule has 0 radical (unpaired) electrons. The van der Waals surface area contributed by atoms with E-state index in [4.69, 9.17) is 0 Å². The number of aliphatic hydroxyl groups excluding tert-OH is 1. The number of benzene rings is 1. The van der Waals surface area contributed by atoms with Crippen LogP contribution < -0.4 is 5.32 Å². The first-order valence-corrected chi connectivity index (χ1v) is 7.87. The third-order valence-electron chi connectivity index (χ3n) is 3.85. The molecule has 0 amide bonds. The molecule has 0 fully saturated rings. The number of aryl methyl sites for hydroxylation is 2. The largest absolute Gasteiger partial charge is 0.387 e. The van der Waals surface area contributed by atoms with Crippen LogP contribution in [0.3, 0.4) is 0 Å². The number of hydrogen-bond donors (Lipinski definition) is 2. The number of aliphatic hydroxyl groups is 1. The fourth-order valence-electron chi connectivity index (χ4n) is 2.61. The molecule has 0 spiro atoms. The summed E-state index contributed by atoms with van der Waals surface area (Å²) in [6, 6.07) is 9.95. The van der Waals surface area contributed by atoms with Gasteiger partial charge in [0.15, 0.2) is 5.82 Å². The Hall–Kier alpha value is -2.45. The van der Waals surface area contributed by atoms with E-state index >= 15 is 0 Å². The lowest BCUT2D eigenvalue weighted by Crippen LogP contribution is -2.16. The average molecular weight is 310 g/mol. The Bertz CT molecular complexity index is 721. The van der Waals surface area contributed by atoms with Crippen molar-refractivity contribution in [3.05, 3.63) is 52.2 Å². The van der Waals surface area contributed by atoms with Gasteiger partial charge in [0.25, 0.3) is 0 Å². The molecule has 23 heavy (non-hydrogen) atoms. The second-order valence-corrected chi connectivity index (χ2v) is 5.48. The highest BCUT2D eigenvalue weighted by Crippen LogP contribution is 2.21. The van der Waals surface area contributed by atoms with Crippen LogP contribution in [-0.4, -0.2) is 21.8 Å². The molecule has 0 saturated carbocycles. The molecule has 0 bridgehead atoms. The summed E-state index contributed by atoms with van der Waals surface area (Å²) in [6.07, 6.45) is 0.812. The van der Waals surface area contributed by atoms with Crippen LogP contribution in [0.5, 0.6) is 0 Å². The fraction of sp³-hybridized carbons (Fsp3) is 0.389. The number of nitrogens with zero attached hydrogens (tertiary/aromatic N) is 3. The van der Waals surface area contributed by atoms with Crippen molar-refractivity contribution >= 4 is 5.82 Å². The van der Waals surface area contributed by atoms with Gasteiger partial charge in [-0.15, -0.1) is 5.10 Å². The minimum Gasteiger partial charge on any atom is -0.387 e. The van der Waals surface area contributed by atoms with E-state index < -0.39 is 6.10 Å². The van der Waals surface area contributed by atoms with Crippen molar-refractivity contribution in [2.45, 2.75) is 39.7 Å². The van der Waals surface area contributed by atoms with E-state index in [-0.39, 0.29) is 6.54 Å². The third-order valence-corrected chi connectivity index (χ3v) is 3.85. The van der Waals surface area contributed by atoms with Gasteiger partial charge in [-0.25, -0.2) is 0 Å². The molecule has 2 aromatic rings. The van der Waals surface area contributed by atoms with E-state index in [9.17, 15) is 10.4 Å². The van der Waals surface area contributed by atoms with Gasteiger partial charge in [-0.1, -0.05) is 43.7 Å². The summed E-state index contributed by atoms with van der Waals surface area (Å²) in [4.78, 5) is 0. The van der Waals surface area contributed by atoms with E-state index in [0.29, 0.717) is 11.4 Å². The van der Waals surface area contributed by atoms with Crippen LogP contribution in [0.2, 0.25) is 0 Å². The lowest BCUT2D eigenvalue weighted by atomic mass is 10.0. The van der Waals surface area contributed by atoms with Crippen molar-refractivity contribution in [3.63, 3.8) is 0 Å². The first-order chi connectivity index (χ1) is 11.1. The van der Waals surface area contributed by atoms with E-state index in [2.05, 4.69) is 21.6 Å². The van der Waals surface area contributed by atoms with Gasteiger partial charge in [0.05, 0.1) is 11.8 Å². The number of aromatic nitrogens is 2. The van der Waals surface area contributed by atoms with Gasteiger partial charge < -0.3 is 10.4 Å². The van der Waals surface area contributed by atoms with Crippen LogP contribution in [-0.2, 0) is 12.8 Å². The molecule has 0 saturated heterocycles. The molecule has 5 heteroatoms. The van der Waals surface area contributed by atoms with Gasteiger partial charge in [0, 0.05) is 6.54 Å². The highest BCUT2D eigenvalue weighted by atomic mass is 16.3. The molecule has 0 aliphatic carbocycles. The number of hydrogen-bond acceptors (Lipinski definition) is 5. The van der Waals surface area contributed by atoms with Crippen molar-refractivity contribution < 1.29 is 5.11 Å². The van der Waals surface area contributed by atoms with Crippen LogP contribution in [0, 0.1) is 18.3 Å². The second kappa shape index (κ2) is 7.70. The Morgan fingerprint density at radius 3 is 2.65 bits per heavy atom. The predicted molar refractivity (Wildman–Crippen MR) is 90.1 cm³/mol. The van der Waals surface area contributed by atoms with E-state index in [0.717, 1.165) is 35.2 Å². The van der Waals surface area contributed by atoms with Gasteiger partial charge in [-0.3, -0.25) is 0 Å². The lowest BCUT2D eigenvalue weighted by Gasteiger charge is -2.15.